The summed E-state index contributed by atoms with van der Waals surface area (Å²) in [6, 6.07) is 0. The van der Waals surface area contributed by atoms with Gasteiger partial charge < -0.3 is 64.9 Å². The molecule has 1 aliphatic rings. The molecule has 332 valence electrons. The second-order valence-electron chi connectivity index (χ2n) is 16.5. The first-order valence-electron chi connectivity index (χ1n) is 20.2. The first-order valence-corrected chi connectivity index (χ1v) is 20.2. The molecule has 9 N–H and O–H groups in total. The van der Waals surface area contributed by atoms with Gasteiger partial charge in [0, 0.05) is 30.3 Å². The molecule has 0 saturated carbocycles. The maximum absolute atomic E-state index is 12.5. The zero-order valence-corrected chi connectivity index (χ0v) is 35.8. The van der Waals surface area contributed by atoms with Gasteiger partial charge in [0.15, 0.2) is 6.29 Å². The third-order valence-electron chi connectivity index (χ3n) is 10.9. The number of hydrogen-bond acceptors (Lipinski definition) is 15. The van der Waals surface area contributed by atoms with Crippen molar-refractivity contribution in [1.82, 2.24) is 0 Å². The number of carbonyl (C=O) groups excluding carboxylic acids is 2. The van der Waals surface area contributed by atoms with Gasteiger partial charge in [0.1, 0.15) is 55.9 Å². The van der Waals surface area contributed by atoms with Gasteiger partial charge in [-0.15, -0.1) is 0 Å². The fourth-order valence-electron chi connectivity index (χ4n) is 7.35. The molecule has 1 rings (SSSR count). The molecule has 57 heavy (non-hydrogen) atoms. The van der Waals surface area contributed by atoms with Crippen LogP contribution in [0.4, 0.5) is 0 Å². The Morgan fingerprint density at radius 1 is 0.702 bits per heavy atom. The summed E-state index contributed by atoms with van der Waals surface area (Å²) in [5.41, 5.74) is 1.30. The van der Waals surface area contributed by atoms with Crippen LogP contribution in [0, 0.1) is 35.5 Å². The molecule has 0 bridgehead atoms. The highest BCUT2D eigenvalue weighted by Gasteiger charge is 2.46. The Labute approximate surface area is 339 Å². The third-order valence-corrected chi connectivity index (χ3v) is 10.9. The Morgan fingerprint density at radius 3 is 1.77 bits per heavy atom. The van der Waals surface area contributed by atoms with Crippen molar-refractivity contribution in [3.05, 3.63) is 34.9 Å². The molecule has 1 fully saturated rings. The molecule has 0 aromatic heterocycles. The normalized spacial score (nSPS) is 27.5. The van der Waals surface area contributed by atoms with E-state index in [1.54, 1.807) is 33.8 Å². The average molecular weight is 819 g/mol. The number of ether oxygens (including phenoxy) is 4. The Kier molecular flexibility index (Phi) is 23.5. The molecular weight excluding hydrogens is 744 g/mol. The van der Waals surface area contributed by atoms with Crippen molar-refractivity contribution in [2.24, 2.45) is 35.5 Å². The predicted molar refractivity (Wildman–Crippen MR) is 212 cm³/mol. The van der Waals surface area contributed by atoms with Gasteiger partial charge in [0.2, 0.25) is 0 Å². The van der Waals surface area contributed by atoms with Crippen LogP contribution in [0.5, 0.6) is 0 Å². The summed E-state index contributed by atoms with van der Waals surface area (Å²) in [5, 5.41) is 92.7. The molecule has 0 spiro atoms. The van der Waals surface area contributed by atoms with Crippen molar-refractivity contribution >= 4 is 11.9 Å². The van der Waals surface area contributed by atoms with Crippen LogP contribution < -0.4 is 0 Å². The molecule has 9 unspecified atom stereocenters. The second-order valence-corrected chi connectivity index (χ2v) is 16.5. The second kappa shape index (κ2) is 25.4. The molecule has 0 aliphatic carbocycles. The van der Waals surface area contributed by atoms with Gasteiger partial charge in [-0.25, -0.2) is 4.79 Å². The highest BCUT2D eigenvalue weighted by Crippen LogP contribution is 2.33. The molecule has 0 amide bonds. The van der Waals surface area contributed by atoms with Gasteiger partial charge in [-0.2, -0.15) is 0 Å². The molecule has 0 radical (unpaired) electrons. The lowest BCUT2D eigenvalue weighted by Gasteiger charge is -2.43. The van der Waals surface area contributed by atoms with Crippen molar-refractivity contribution in [3.8, 4) is 0 Å². The van der Waals surface area contributed by atoms with Crippen LogP contribution in [0.3, 0.4) is 0 Å². The minimum Gasteiger partial charge on any atom is -0.463 e. The van der Waals surface area contributed by atoms with E-state index in [1.165, 1.54) is 19.9 Å². The van der Waals surface area contributed by atoms with Gasteiger partial charge in [-0.3, -0.25) is 4.79 Å². The highest BCUT2D eigenvalue weighted by atomic mass is 16.7. The van der Waals surface area contributed by atoms with E-state index in [9.17, 15) is 50.4 Å². The lowest BCUT2D eigenvalue weighted by Crippen LogP contribution is -2.60. The lowest BCUT2D eigenvalue weighted by atomic mass is 9.82. The van der Waals surface area contributed by atoms with Crippen molar-refractivity contribution in [2.75, 3.05) is 19.8 Å². The lowest BCUT2D eigenvalue weighted by molar-refractivity contribution is -0.317. The average Bonchev–Trinajstić information content (AvgIpc) is 3.15. The molecular formula is C42H74O15. The maximum atomic E-state index is 12.5. The summed E-state index contributed by atoms with van der Waals surface area (Å²) in [7, 11) is 0. The van der Waals surface area contributed by atoms with Crippen molar-refractivity contribution < 1.29 is 74.5 Å². The number of aliphatic hydroxyl groups excluding tert-OH is 9. The van der Waals surface area contributed by atoms with Crippen molar-refractivity contribution in [3.63, 3.8) is 0 Å². The van der Waals surface area contributed by atoms with Crippen molar-refractivity contribution in [2.45, 2.75) is 163 Å². The maximum Gasteiger partial charge on any atom is 0.333 e. The Morgan fingerprint density at radius 2 is 1.25 bits per heavy atom. The molecule has 15 nitrogen and oxygen atoms in total. The van der Waals surface area contributed by atoms with Gasteiger partial charge in [-0.05, 0) is 62.5 Å². The summed E-state index contributed by atoms with van der Waals surface area (Å²) < 4.78 is 22.4. The summed E-state index contributed by atoms with van der Waals surface area (Å²) in [6.45, 7) is 18.4. The van der Waals surface area contributed by atoms with Gasteiger partial charge in [-0.1, -0.05) is 73.1 Å². The highest BCUT2D eigenvalue weighted by molar-refractivity contribution is 5.87. The summed E-state index contributed by atoms with van der Waals surface area (Å²) in [4.78, 5) is 23.9. The molecule has 1 aliphatic heterocycles. The first-order chi connectivity index (χ1) is 26.5. The number of aliphatic hydroxyl groups is 9. The summed E-state index contributed by atoms with van der Waals surface area (Å²) >= 11 is 0. The predicted octanol–water partition coefficient (Wildman–Crippen LogP) is 1.93. The van der Waals surface area contributed by atoms with Crippen molar-refractivity contribution in [1.29, 1.82) is 0 Å². The van der Waals surface area contributed by atoms with Crippen LogP contribution in [0.15, 0.2) is 34.9 Å². The van der Waals surface area contributed by atoms with E-state index in [0.717, 1.165) is 19.3 Å². The Bertz CT molecular complexity index is 1300. The minimum absolute atomic E-state index is 0.0761. The molecule has 1 saturated heterocycles. The third kappa shape index (κ3) is 17.1. The van der Waals surface area contributed by atoms with E-state index in [2.05, 4.69) is 20.8 Å². The van der Waals surface area contributed by atoms with Gasteiger partial charge >= 0.3 is 11.9 Å². The quantitative estimate of drug-likeness (QED) is 0.0383. The van der Waals surface area contributed by atoms with Crippen LogP contribution in [-0.2, 0) is 28.5 Å². The zero-order chi connectivity index (χ0) is 43.9. The molecule has 17 atom stereocenters. The van der Waals surface area contributed by atoms with E-state index >= 15 is 0 Å². The SMILES string of the molecule is CCC(C)CC(C)CC(C)C(O[C@@H]1O[C@H](COC(C)=O)[C@@H](O)[C@H](O)[C@@H]1O)C(C)/C=C(\C)C(O)C(C)/C=C(\C)C(O)C(C)/C=C(\C)C(=O)OC[C@@H](O)[C@H](O)[C@H](O)CO. The fourth-order valence-corrected chi connectivity index (χ4v) is 7.35. The molecule has 0 aromatic carbocycles. The summed E-state index contributed by atoms with van der Waals surface area (Å²) in [6.07, 6.45) is -6.74. The number of rotatable bonds is 24. The smallest absolute Gasteiger partial charge is 0.333 e. The molecule has 15 heteroatoms. The monoisotopic (exact) mass is 819 g/mol. The van der Waals surface area contributed by atoms with Crippen LogP contribution in [0.25, 0.3) is 0 Å². The van der Waals surface area contributed by atoms with Gasteiger partial charge in [0.05, 0.1) is 24.9 Å². The van der Waals surface area contributed by atoms with Gasteiger partial charge in [0.25, 0.3) is 0 Å². The number of carbonyl (C=O) groups is 2. The van der Waals surface area contributed by atoms with E-state index in [4.69, 9.17) is 24.1 Å². The summed E-state index contributed by atoms with van der Waals surface area (Å²) in [5.74, 6) is -1.96. The Hall–Kier alpha value is -2.28. The fraction of sp³-hybridized carbons (Fsp3) is 0.810. The molecule has 1 heterocycles. The Balaban J connectivity index is 3.20. The van der Waals surface area contributed by atoms with Crippen LogP contribution >= 0.6 is 0 Å². The van der Waals surface area contributed by atoms with E-state index in [-0.39, 0.29) is 24.0 Å². The number of hydrogen-bond donors (Lipinski definition) is 9. The van der Waals surface area contributed by atoms with E-state index in [1.807, 2.05) is 19.9 Å². The van der Waals surface area contributed by atoms with Crippen LogP contribution in [0.1, 0.15) is 95.4 Å². The topological polar surface area (TPSA) is 253 Å². The van der Waals surface area contributed by atoms with E-state index in [0.29, 0.717) is 23.0 Å². The zero-order valence-electron chi connectivity index (χ0n) is 35.8. The van der Waals surface area contributed by atoms with Crippen LogP contribution in [0.2, 0.25) is 0 Å². The van der Waals surface area contributed by atoms with E-state index < -0.39 is 104 Å². The standard InChI is InChI=1S/C42H74O15/c1-12-21(2)13-22(3)14-27(8)40(57-42-39(52)38(51)37(50)33(56-42)20-54-30(11)44)28(9)16-25(6)34(47)23(4)15-24(5)35(48)26(7)17-29(10)41(53)55-19-32(46)36(49)31(45)18-43/h15-17,21-23,26-28,31-40,42-43,45-52H,12-14,18-20H2,1-11H3/b24-15+,25-16+,29-17+/t21?,22?,23?,26?,27?,28?,31-,32-,33-,34?,35?,36-,37-,38+,39+,40?,42+/m1/s1. The first kappa shape index (κ1) is 52.7. The molecule has 0 aromatic rings. The van der Waals surface area contributed by atoms with Crippen LogP contribution in [-0.4, -0.2) is 145 Å². The largest absolute Gasteiger partial charge is 0.463 e. The minimum atomic E-state index is -1.71. The number of esters is 2.